The molecule has 1 atom stereocenters. The summed E-state index contributed by atoms with van der Waals surface area (Å²) in [4.78, 5) is 12.2. The fraction of sp³-hybridized carbons (Fsp3) is 0.385. The van der Waals surface area contributed by atoms with E-state index in [9.17, 15) is 4.79 Å². The molecule has 6 heteroatoms. The number of aryl methyl sites for hydroxylation is 1. The summed E-state index contributed by atoms with van der Waals surface area (Å²) in [5, 5.41) is 6.75. The fourth-order valence-electron chi connectivity index (χ4n) is 1.89. The molecular weight excluding hydrogens is 262 g/mol. The molecule has 5 nitrogen and oxygen atoms in total. The summed E-state index contributed by atoms with van der Waals surface area (Å²) in [5.74, 6) is 0.761. The Balaban J connectivity index is 2.02. The van der Waals surface area contributed by atoms with Crippen LogP contribution in [0.4, 0.5) is 5.00 Å². The van der Waals surface area contributed by atoms with Gasteiger partial charge in [0.1, 0.15) is 10.8 Å². The monoisotopic (exact) mass is 279 g/mol. The van der Waals surface area contributed by atoms with Crippen molar-refractivity contribution in [2.75, 3.05) is 12.4 Å². The second-order valence-electron chi connectivity index (χ2n) is 4.38. The Morgan fingerprint density at radius 2 is 2.37 bits per heavy atom. The zero-order valence-corrected chi connectivity index (χ0v) is 12.0. The molecule has 0 saturated carbocycles. The molecule has 0 spiro atoms. The first kappa shape index (κ1) is 13.6. The van der Waals surface area contributed by atoms with Crippen molar-refractivity contribution >= 4 is 22.4 Å². The minimum atomic E-state index is -0.102. The van der Waals surface area contributed by atoms with Crippen molar-refractivity contribution in [3.05, 3.63) is 35.4 Å². The Bertz CT molecular complexity index is 548. The molecule has 2 aromatic rings. The molecule has 0 aliphatic heterocycles. The highest BCUT2D eigenvalue weighted by atomic mass is 32.1. The number of anilines is 1. The van der Waals surface area contributed by atoms with Gasteiger partial charge in [-0.2, -0.15) is 4.37 Å². The summed E-state index contributed by atoms with van der Waals surface area (Å²) in [6.07, 6.45) is 2.31. The van der Waals surface area contributed by atoms with Gasteiger partial charge < -0.3 is 15.1 Å². The molecule has 1 amide bonds. The summed E-state index contributed by atoms with van der Waals surface area (Å²) in [6.45, 7) is 3.79. The van der Waals surface area contributed by atoms with Crippen LogP contribution in [-0.4, -0.2) is 23.4 Å². The van der Waals surface area contributed by atoms with Crippen molar-refractivity contribution < 1.29 is 9.21 Å². The number of nitrogens with one attached hydrogen (secondary N) is 2. The maximum absolute atomic E-state index is 12.2. The Morgan fingerprint density at radius 1 is 1.58 bits per heavy atom. The number of hydrogen-bond acceptors (Lipinski definition) is 5. The lowest BCUT2D eigenvalue weighted by molar-refractivity contribution is 0.0939. The third-order valence-corrected chi connectivity index (χ3v) is 3.74. The maximum Gasteiger partial charge on any atom is 0.256 e. The predicted octanol–water partition coefficient (Wildman–Crippen LogP) is 2.45. The number of aromatic nitrogens is 1. The summed E-state index contributed by atoms with van der Waals surface area (Å²) in [6, 6.07) is 3.75. The van der Waals surface area contributed by atoms with Crippen molar-refractivity contribution in [3.8, 4) is 0 Å². The van der Waals surface area contributed by atoms with Gasteiger partial charge >= 0.3 is 0 Å². The average molecular weight is 279 g/mol. The Kier molecular flexibility index (Phi) is 4.21. The highest BCUT2D eigenvalue weighted by molar-refractivity contribution is 7.10. The minimum absolute atomic E-state index is 0.00246. The number of carbonyl (C=O) groups is 1. The maximum atomic E-state index is 12.2. The minimum Gasteiger partial charge on any atom is -0.469 e. The van der Waals surface area contributed by atoms with Gasteiger partial charge in [0.2, 0.25) is 0 Å². The van der Waals surface area contributed by atoms with Crippen LogP contribution >= 0.6 is 11.5 Å². The summed E-state index contributed by atoms with van der Waals surface area (Å²) < 4.78 is 9.46. The smallest absolute Gasteiger partial charge is 0.256 e. The number of furan rings is 1. The molecule has 0 unspecified atom stereocenters. The van der Waals surface area contributed by atoms with Crippen molar-refractivity contribution in [1.82, 2.24) is 9.69 Å². The van der Waals surface area contributed by atoms with Crippen molar-refractivity contribution in [2.45, 2.75) is 26.3 Å². The SMILES string of the molecule is CNc1snc(C)c1C(=O)N[C@H](C)Cc1ccco1. The van der Waals surface area contributed by atoms with Crippen LogP contribution in [0.1, 0.15) is 28.7 Å². The molecule has 19 heavy (non-hydrogen) atoms. The van der Waals surface area contributed by atoms with E-state index in [1.807, 2.05) is 26.0 Å². The van der Waals surface area contributed by atoms with E-state index in [4.69, 9.17) is 4.42 Å². The van der Waals surface area contributed by atoms with Gasteiger partial charge in [-0.05, 0) is 37.5 Å². The number of rotatable bonds is 5. The number of amides is 1. The highest BCUT2D eigenvalue weighted by Crippen LogP contribution is 2.23. The van der Waals surface area contributed by atoms with Crippen molar-refractivity contribution in [1.29, 1.82) is 0 Å². The lowest BCUT2D eigenvalue weighted by atomic mass is 10.1. The third-order valence-electron chi connectivity index (χ3n) is 2.78. The van der Waals surface area contributed by atoms with Crippen LogP contribution < -0.4 is 10.6 Å². The zero-order valence-electron chi connectivity index (χ0n) is 11.2. The molecule has 0 aromatic carbocycles. The normalized spacial score (nSPS) is 12.2. The number of nitrogens with zero attached hydrogens (tertiary/aromatic N) is 1. The Hall–Kier alpha value is -1.82. The topological polar surface area (TPSA) is 67.2 Å². The van der Waals surface area contributed by atoms with E-state index < -0.39 is 0 Å². The summed E-state index contributed by atoms with van der Waals surface area (Å²) >= 11 is 1.30. The quantitative estimate of drug-likeness (QED) is 0.882. The van der Waals surface area contributed by atoms with E-state index in [1.165, 1.54) is 11.5 Å². The van der Waals surface area contributed by atoms with Gasteiger partial charge in [0.05, 0.1) is 17.5 Å². The lowest BCUT2D eigenvalue weighted by Crippen LogP contribution is -2.34. The van der Waals surface area contributed by atoms with Crippen LogP contribution in [0.25, 0.3) is 0 Å². The second-order valence-corrected chi connectivity index (χ2v) is 5.15. The van der Waals surface area contributed by atoms with E-state index in [0.717, 1.165) is 16.5 Å². The first-order valence-corrected chi connectivity index (χ1v) is 6.86. The van der Waals surface area contributed by atoms with Crippen LogP contribution in [0.2, 0.25) is 0 Å². The fourth-order valence-corrected chi connectivity index (χ4v) is 2.63. The standard InChI is InChI=1S/C13H17N3O2S/c1-8(7-10-5-4-6-18-10)15-12(17)11-9(2)16-19-13(11)14-3/h4-6,8,14H,7H2,1-3H3,(H,15,17)/t8-/m1/s1. The largest absolute Gasteiger partial charge is 0.469 e. The van der Waals surface area contributed by atoms with Gasteiger partial charge in [-0.3, -0.25) is 4.79 Å². The molecule has 2 aromatic heterocycles. The molecule has 0 radical (unpaired) electrons. The summed E-state index contributed by atoms with van der Waals surface area (Å²) in [5.41, 5.74) is 1.37. The molecule has 0 bridgehead atoms. The highest BCUT2D eigenvalue weighted by Gasteiger charge is 2.19. The molecule has 2 N–H and O–H groups in total. The molecular formula is C13H17N3O2S. The molecule has 0 aliphatic rings. The first-order chi connectivity index (χ1) is 9.11. The van der Waals surface area contributed by atoms with Gasteiger partial charge in [0.15, 0.2) is 0 Å². The molecule has 2 rings (SSSR count). The van der Waals surface area contributed by atoms with Gasteiger partial charge in [-0.1, -0.05) is 0 Å². The second kappa shape index (κ2) is 5.88. The molecule has 0 aliphatic carbocycles. The van der Waals surface area contributed by atoms with Gasteiger partial charge in [0, 0.05) is 19.5 Å². The third kappa shape index (κ3) is 3.14. The molecule has 0 saturated heterocycles. The predicted molar refractivity (Wildman–Crippen MR) is 75.7 cm³/mol. The molecule has 0 fully saturated rings. The lowest BCUT2D eigenvalue weighted by Gasteiger charge is -2.13. The van der Waals surface area contributed by atoms with Gasteiger partial charge in [0.25, 0.3) is 5.91 Å². The number of carbonyl (C=O) groups excluding carboxylic acids is 1. The van der Waals surface area contributed by atoms with Crippen molar-refractivity contribution in [2.24, 2.45) is 0 Å². The Morgan fingerprint density at radius 3 is 3.00 bits per heavy atom. The van der Waals surface area contributed by atoms with E-state index in [0.29, 0.717) is 12.0 Å². The zero-order chi connectivity index (χ0) is 13.8. The van der Waals surface area contributed by atoms with Crippen LogP contribution in [-0.2, 0) is 6.42 Å². The molecule has 102 valence electrons. The molecule has 2 heterocycles. The average Bonchev–Trinajstić information content (AvgIpc) is 2.98. The van der Waals surface area contributed by atoms with Gasteiger partial charge in [-0.25, -0.2) is 0 Å². The van der Waals surface area contributed by atoms with E-state index in [1.54, 1.807) is 13.3 Å². The van der Waals surface area contributed by atoms with E-state index in [-0.39, 0.29) is 11.9 Å². The Labute approximate surface area is 116 Å². The number of hydrogen-bond donors (Lipinski definition) is 2. The van der Waals surface area contributed by atoms with Crippen LogP contribution in [0.3, 0.4) is 0 Å². The van der Waals surface area contributed by atoms with Crippen molar-refractivity contribution in [3.63, 3.8) is 0 Å². The van der Waals surface area contributed by atoms with Gasteiger partial charge in [-0.15, -0.1) is 0 Å². The van der Waals surface area contributed by atoms with E-state index in [2.05, 4.69) is 15.0 Å². The van der Waals surface area contributed by atoms with E-state index >= 15 is 0 Å². The first-order valence-electron chi connectivity index (χ1n) is 6.09. The van der Waals surface area contributed by atoms with Crippen LogP contribution in [0, 0.1) is 6.92 Å². The van der Waals surface area contributed by atoms with Crippen LogP contribution in [0.15, 0.2) is 22.8 Å². The summed E-state index contributed by atoms with van der Waals surface area (Å²) in [7, 11) is 1.79. The van der Waals surface area contributed by atoms with Crippen LogP contribution in [0.5, 0.6) is 0 Å².